The third kappa shape index (κ3) is 3.44. The number of rotatable bonds is 4. The van der Waals surface area contributed by atoms with E-state index in [-0.39, 0.29) is 0 Å². The number of primary amides is 1. The van der Waals surface area contributed by atoms with Crippen molar-refractivity contribution >= 4 is 12.2 Å². The standard InChI is InChI=1S/C12H13N5O/c13-12(18)16-14-6-11-7-15-17(9-11)8-10-4-2-1-3-5-10/h1-7,9H,8H2,(H3,13,16,18)/b14-6+. The lowest BCUT2D eigenvalue weighted by molar-refractivity contribution is 0.249. The third-order valence-electron chi connectivity index (χ3n) is 2.23. The van der Waals surface area contributed by atoms with Crippen molar-refractivity contribution in [3.63, 3.8) is 0 Å². The van der Waals surface area contributed by atoms with Gasteiger partial charge in [0.1, 0.15) is 0 Å². The lowest BCUT2D eigenvalue weighted by Crippen LogP contribution is -2.24. The summed E-state index contributed by atoms with van der Waals surface area (Å²) in [6, 6.07) is 9.31. The number of benzene rings is 1. The number of hydrogen-bond donors (Lipinski definition) is 2. The van der Waals surface area contributed by atoms with Crippen LogP contribution in [0.5, 0.6) is 0 Å². The molecular weight excluding hydrogens is 230 g/mol. The van der Waals surface area contributed by atoms with Crippen LogP contribution >= 0.6 is 0 Å². The number of nitrogens with one attached hydrogen (secondary N) is 1. The maximum absolute atomic E-state index is 10.4. The topological polar surface area (TPSA) is 85.3 Å². The molecule has 0 saturated carbocycles. The minimum atomic E-state index is -0.692. The molecule has 0 radical (unpaired) electrons. The number of amides is 2. The first kappa shape index (κ1) is 11.8. The van der Waals surface area contributed by atoms with E-state index in [4.69, 9.17) is 5.73 Å². The van der Waals surface area contributed by atoms with Crippen molar-refractivity contribution in [1.82, 2.24) is 15.2 Å². The smallest absolute Gasteiger partial charge is 0.332 e. The first-order chi connectivity index (χ1) is 8.74. The second kappa shape index (κ2) is 5.62. The summed E-state index contributed by atoms with van der Waals surface area (Å²) in [6.07, 6.45) is 4.98. The van der Waals surface area contributed by atoms with Gasteiger partial charge in [0, 0.05) is 11.8 Å². The van der Waals surface area contributed by atoms with Gasteiger partial charge in [0.15, 0.2) is 0 Å². The molecule has 0 fully saturated rings. The number of nitrogens with two attached hydrogens (primary N) is 1. The zero-order chi connectivity index (χ0) is 12.8. The summed E-state index contributed by atoms with van der Waals surface area (Å²) in [5, 5.41) is 7.85. The Kier molecular flexibility index (Phi) is 3.70. The van der Waals surface area contributed by atoms with Gasteiger partial charge in [0.2, 0.25) is 0 Å². The molecule has 1 aromatic heterocycles. The molecular formula is C12H13N5O. The molecule has 0 bridgehead atoms. The van der Waals surface area contributed by atoms with E-state index in [0.29, 0.717) is 6.54 Å². The largest absolute Gasteiger partial charge is 0.350 e. The van der Waals surface area contributed by atoms with Gasteiger partial charge in [-0.2, -0.15) is 10.2 Å². The van der Waals surface area contributed by atoms with Crippen molar-refractivity contribution in [2.24, 2.45) is 10.8 Å². The number of aromatic nitrogens is 2. The first-order valence-electron chi connectivity index (χ1n) is 5.39. The Bertz CT molecular complexity index is 547. The number of carbonyl (C=O) groups excluding carboxylic acids is 1. The Labute approximate surface area is 104 Å². The highest BCUT2D eigenvalue weighted by Crippen LogP contribution is 2.02. The van der Waals surface area contributed by atoms with E-state index in [2.05, 4.69) is 15.6 Å². The summed E-state index contributed by atoms with van der Waals surface area (Å²) < 4.78 is 1.79. The molecule has 2 amide bonds. The number of hydrazone groups is 1. The highest BCUT2D eigenvalue weighted by molar-refractivity contribution is 5.80. The monoisotopic (exact) mass is 243 g/mol. The molecule has 0 atom stereocenters. The minimum absolute atomic E-state index is 0.692. The van der Waals surface area contributed by atoms with Crippen LogP contribution in [0.25, 0.3) is 0 Å². The van der Waals surface area contributed by atoms with E-state index in [1.807, 2.05) is 36.5 Å². The summed E-state index contributed by atoms with van der Waals surface area (Å²) in [4.78, 5) is 10.4. The zero-order valence-electron chi connectivity index (χ0n) is 9.65. The van der Waals surface area contributed by atoms with Crippen molar-refractivity contribution in [3.05, 3.63) is 53.9 Å². The van der Waals surface area contributed by atoms with Gasteiger partial charge in [0.05, 0.1) is 19.0 Å². The highest BCUT2D eigenvalue weighted by atomic mass is 16.2. The van der Waals surface area contributed by atoms with Crippen molar-refractivity contribution in [3.8, 4) is 0 Å². The molecule has 1 heterocycles. The van der Waals surface area contributed by atoms with E-state index in [1.165, 1.54) is 11.8 Å². The summed E-state index contributed by atoms with van der Waals surface area (Å²) in [5.74, 6) is 0. The molecule has 3 N–H and O–H groups in total. The van der Waals surface area contributed by atoms with Crippen molar-refractivity contribution in [2.75, 3.05) is 0 Å². The van der Waals surface area contributed by atoms with Crippen LogP contribution < -0.4 is 11.2 Å². The lowest BCUT2D eigenvalue weighted by Gasteiger charge is -2.00. The van der Waals surface area contributed by atoms with Crippen LogP contribution in [-0.2, 0) is 6.54 Å². The predicted molar refractivity (Wildman–Crippen MR) is 68.1 cm³/mol. The average molecular weight is 243 g/mol. The fourth-order valence-corrected chi connectivity index (χ4v) is 1.47. The van der Waals surface area contributed by atoms with Gasteiger partial charge >= 0.3 is 6.03 Å². The summed E-state index contributed by atoms with van der Waals surface area (Å²) >= 11 is 0. The molecule has 18 heavy (non-hydrogen) atoms. The summed E-state index contributed by atoms with van der Waals surface area (Å²) in [7, 11) is 0. The van der Waals surface area contributed by atoms with E-state index in [0.717, 1.165) is 5.56 Å². The van der Waals surface area contributed by atoms with Crippen LogP contribution in [0.15, 0.2) is 47.8 Å². The Morgan fingerprint density at radius 1 is 1.44 bits per heavy atom. The summed E-state index contributed by atoms with van der Waals surface area (Å²) in [5.41, 5.74) is 8.96. The molecule has 92 valence electrons. The van der Waals surface area contributed by atoms with Crippen LogP contribution in [0.1, 0.15) is 11.1 Å². The van der Waals surface area contributed by atoms with Gasteiger partial charge in [-0.1, -0.05) is 30.3 Å². The van der Waals surface area contributed by atoms with Crippen LogP contribution in [0.4, 0.5) is 4.79 Å². The van der Waals surface area contributed by atoms with Gasteiger partial charge in [-0.25, -0.2) is 10.2 Å². The van der Waals surface area contributed by atoms with Gasteiger partial charge in [-0.3, -0.25) is 4.68 Å². The Morgan fingerprint density at radius 2 is 2.22 bits per heavy atom. The minimum Gasteiger partial charge on any atom is -0.350 e. The SMILES string of the molecule is NC(=O)N/N=C/c1cnn(Cc2ccccc2)c1. The van der Waals surface area contributed by atoms with Crippen molar-refractivity contribution in [2.45, 2.75) is 6.54 Å². The normalized spacial score (nSPS) is 10.7. The maximum Gasteiger partial charge on any atom is 0.332 e. The molecule has 6 heteroatoms. The average Bonchev–Trinajstić information content (AvgIpc) is 2.78. The van der Waals surface area contributed by atoms with E-state index >= 15 is 0 Å². The molecule has 0 aliphatic rings. The molecule has 0 aliphatic carbocycles. The Balaban J connectivity index is 1.98. The first-order valence-corrected chi connectivity index (χ1v) is 5.39. The number of nitrogens with zero attached hydrogens (tertiary/aromatic N) is 3. The van der Waals surface area contributed by atoms with Gasteiger partial charge < -0.3 is 5.73 Å². The second-order valence-electron chi connectivity index (χ2n) is 3.69. The molecule has 2 aromatic rings. The molecule has 0 spiro atoms. The van der Waals surface area contributed by atoms with Crippen molar-refractivity contribution in [1.29, 1.82) is 0 Å². The quantitative estimate of drug-likeness (QED) is 0.618. The number of urea groups is 1. The number of hydrogen-bond acceptors (Lipinski definition) is 3. The fourth-order valence-electron chi connectivity index (χ4n) is 1.47. The van der Waals surface area contributed by atoms with Crippen LogP contribution in [0, 0.1) is 0 Å². The van der Waals surface area contributed by atoms with Crippen molar-refractivity contribution < 1.29 is 4.79 Å². The van der Waals surface area contributed by atoms with Crippen LogP contribution in [0.2, 0.25) is 0 Å². The predicted octanol–water partition coefficient (Wildman–Crippen LogP) is 0.934. The van der Waals surface area contributed by atoms with Gasteiger partial charge in [-0.15, -0.1) is 0 Å². The zero-order valence-corrected chi connectivity index (χ0v) is 9.65. The van der Waals surface area contributed by atoms with Crippen LogP contribution in [-0.4, -0.2) is 22.0 Å². The fraction of sp³-hybridized carbons (Fsp3) is 0.0833. The summed E-state index contributed by atoms with van der Waals surface area (Å²) in [6.45, 7) is 0.692. The van der Waals surface area contributed by atoms with Gasteiger partial charge in [-0.05, 0) is 5.56 Å². The third-order valence-corrected chi connectivity index (χ3v) is 2.23. The Hall–Kier alpha value is -2.63. The molecule has 0 aliphatic heterocycles. The maximum atomic E-state index is 10.4. The number of carbonyl (C=O) groups is 1. The lowest BCUT2D eigenvalue weighted by atomic mass is 10.2. The van der Waals surface area contributed by atoms with Gasteiger partial charge in [0.25, 0.3) is 0 Å². The second-order valence-corrected chi connectivity index (χ2v) is 3.69. The highest BCUT2D eigenvalue weighted by Gasteiger charge is 1.97. The molecule has 6 nitrogen and oxygen atoms in total. The molecule has 0 saturated heterocycles. The van der Waals surface area contributed by atoms with E-state index in [9.17, 15) is 4.79 Å². The molecule has 0 unspecified atom stereocenters. The Morgan fingerprint density at radius 3 is 2.94 bits per heavy atom. The molecule has 1 aromatic carbocycles. The molecule has 2 rings (SSSR count). The van der Waals surface area contributed by atoms with E-state index in [1.54, 1.807) is 10.9 Å². The van der Waals surface area contributed by atoms with Crippen LogP contribution in [0.3, 0.4) is 0 Å². The van der Waals surface area contributed by atoms with E-state index < -0.39 is 6.03 Å².